The third kappa shape index (κ3) is 2.46. The van der Waals surface area contributed by atoms with E-state index in [1.807, 2.05) is 0 Å². The highest BCUT2D eigenvalue weighted by atomic mass is 19.4. The first-order valence-electron chi connectivity index (χ1n) is 4.56. The number of halogens is 3. The Bertz CT molecular complexity index is 318. The molecule has 1 fully saturated rings. The van der Waals surface area contributed by atoms with Crippen LogP contribution in [0.4, 0.5) is 12.9 Å². The Balaban J connectivity index is 2.06. The van der Waals surface area contributed by atoms with Crippen LogP contribution < -0.4 is 0 Å². The Kier molecular flexibility index (Phi) is 2.21. The fraction of sp³-hybridized carbons (Fsp3) is 0.500. The Hall–Kier alpha value is -1.07. The second-order valence-corrected chi connectivity index (χ2v) is 3.64. The highest BCUT2D eigenvalue weighted by molar-refractivity contribution is 6.57. The summed E-state index contributed by atoms with van der Waals surface area (Å²) in [5.41, 5.74) is 0.155. The van der Waals surface area contributed by atoms with E-state index in [1.54, 1.807) is 0 Å². The largest absolute Gasteiger partial charge is 0.482 e. The van der Waals surface area contributed by atoms with Crippen molar-refractivity contribution in [1.82, 2.24) is 9.97 Å². The fourth-order valence-corrected chi connectivity index (χ4v) is 1.29. The first-order chi connectivity index (χ1) is 6.54. The minimum Gasteiger partial charge on any atom is -0.449 e. The molecule has 0 N–H and O–H groups in total. The summed E-state index contributed by atoms with van der Waals surface area (Å²) in [5.74, 6) is 1.07. The van der Waals surface area contributed by atoms with Crippen molar-refractivity contribution in [2.75, 3.05) is 0 Å². The standard InChI is InChI=1S/C8H9BF3N2/c10-9(11,12)3-6-4-13-8(14-5-6)7-1-2-7/h4-5,7H,1-3H2/q-1. The van der Waals surface area contributed by atoms with Gasteiger partial charge in [0.2, 0.25) is 0 Å². The molecule has 0 aliphatic heterocycles. The quantitative estimate of drug-likeness (QED) is 0.701. The molecule has 1 aromatic heterocycles. The molecule has 0 amide bonds. The molecule has 1 aliphatic carbocycles. The van der Waals surface area contributed by atoms with Crippen LogP contribution in [-0.2, 0) is 6.32 Å². The molecule has 2 rings (SSSR count). The molecule has 0 saturated heterocycles. The molecule has 0 bridgehead atoms. The van der Waals surface area contributed by atoms with Crippen molar-refractivity contribution in [3.05, 3.63) is 23.8 Å². The molecule has 1 aromatic rings. The van der Waals surface area contributed by atoms with Crippen LogP contribution >= 0.6 is 0 Å². The highest BCUT2D eigenvalue weighted by Crippen LogP contribution is 2.37. The van der Waals surface area contributed by atoms with E-state index in [9.17, 15) is 12.9 Å². The summed E-state index contributed by atoms with van der Waals surface area (Å²) in [7, 11) is 0. The minimum absolute atomic E-state index is 0.155. The van der Waals surface area contributed by atoms with E-state index in [0.29, 0.717) is 11.7 Å². The molecule has 14 heavy (non-hydrogen) atoms. The maximum atomic E-state index is 12.0. The van der Waals surface area contributed by atoms with Gasteiger partial charge in [0.05, 0.1) is 0 Å². The lowest BCUT2D eigenvalue weighted by Gasteiger charge is -2.12. The molecule has 0 spiro atoms. The average Bonchev–Trinajstić information content (AvgIpc) is 2.85. The number of hydrogen-bond acceptors (Lipinski definition) is 2. The zero-order valence-corrected chi connectivity index (χ0v) is 7.46. The number of rotatable bonds is 3. The third-order valence-electron chi connectivity index (χ3n) is 2.13. The Morgan fingerprint density at radius 1 is 1.21 bits per heavy atom. The fourth-order valence-electron chi connectivity index (χ4n) is 1.29. The SMILES string of the molecule is F[B-](F)(F)Cc1cnc(C2CC2)nc1. The van der Waals surface area contributed by atoms with Crippen LogP contribution in [0, 0.1) is 0 Å². The summed E-state index contributed by atoms with van der Waals surface area (Å²) in [6.45, 7) is -4.78. The average molecular weight is 201 g/mol. The van der Waals surface area contributed by atoms with Crippen molar-refractivity contribution in [3.63, 3.8) is 0 Å². The molecule has 0 atom stereocenters. The first-order valence-corrected chi connectivity index (χ1v) is 4.56. The van der Waals surface area contributed by atoms with Gasteiger partial charge in [-0.15, -0.1) is 0 Å². The molecule has 0 aromatic carbocycles. The van der Waals surface area contributed by atoms with E-state index in [4.69, 9.17) is 0 Å². The molecule has 6 heteroatoms. The van der Waals surface area contributed by atoms with E-state index in [2.05, 4.69) is 9.97 Å². The van der Waals surface area contributed by atoms with Crippen LogP contribution in [0.5, 0.6) is 0 Å². The Morgan fingerprint density at radius 3 is 2.21 bits per heavy atom. The summed E-state index contributed by atoms with van der Waals surface area (Å²) < 4.78 is 36.1. The van der Waals surface area contributed by atoms with Crippen molar-refractivity contribution in [2.45, 2.75) is 25.1 Å². The summed E-state index contributed by atoms with van der Waals surface area (Å²) in [6, 6.07) is 0. The van der Waals surface area contributed by atoms with Gasteiger partial charge in [-0.1, -0.05) is 6.32 Å². The van der Waals surface area contributed by atoms with Crippen molar-refractivity contribution >= 4 is 6.98 Å². The van der Waals surface area contributed by atoms with Crippen LogP contribution in [0.1, 0.15) is 30.1 Å². The molecule has 76 valence electrons. The van der Waals surface area contributed by atoms with Crippen LogP contribution in [0.2, 0.25) is 0 Å². The zero-order chi connectivity index (χ0) is 10.2. The predicted molar refractivity (Wildman–Crippen MR) is 46.8 cm³/mol. The van der Waals surface area contributed by atoms with E-state index in [1.165, 1.54) is 12.4 Å². The number of hydrogen-bond donors (Lipinski definition) is 0. The molecular weight excluding hydrogens is 192 g/mol. The first kappa shape index (κ1) is 9.49. The number of aromatic nitrogens is 2. The van der Waals surface area contributed by atoms with Crippen molar-refractivity contribution in [2.24, 2.45) is 0 Å². The maximum absolute atomic E-state index is 12.0. The Labute approximate surface area is 79.6 Å². The van der Waals surface area contributed by atoms with Gasteiger partial charge in [-0.25, -0.2) is 9.97 Å². The minimum atomic E-state index is -4.78. The summed E-state index contributed by atoms with van der Waals surface area (Å²) in [5, 5.41) is 0. The second kappa shape index (κ2) is 3.26. The van der Waals surface area contributed by atoms with Crippen molar-refractivity contribution < 1.29 is 12.9 Å². The summed E-state index contributed by atoms with van der Waals surface area (Å²) >= 11 is 0. The van der Waals surface area contributed by atoms with E-state index < -0.39 is 13.3 Å². The highest BCUT2D eigenvalue weighted by Gasteiger charge is 2.27. The normalized spacial score (nSPS) is 17.1. The van der Waals surface area contributed by atoms with E-state index >= 15 is 0 Å². The van der Waals surface area contributed by atoms with Crippen LogP contribution in [-0.4, -0.2) is 16.9 Å². The smallest absolute Gasteiger partial charge is 0.449 e. The predicted octanol–water partition coefficient (Wildman–Crippen LogP) is 2.28. The molecule has 0 radical (unpaired) electrons. The van der Waals surface area contributed by atoms with Gasteiger partial charge in [0.25, 0.3) is 0 Å². The van der Waals surface area contributed by atoms with Gasteiger partial charge >= 0.3 is 6.98 Å². The topological polar surface area (TPSA) is 25.8 Å². The van der Waals surface area contributed by atoms with Crippen LogP contribution in [0.15, 0.2) is 12.4 Å². The lowest BCUT2D eigenvalue weighted by Crippen LogP contribution is -2.19. The summed E-state index contributed by atoms with van der Waals surface area (Å²) in [4.78, 5) is 7.85. The molecule has 1 saturated carbocycles. The van der Waals surface area contributed by atoms with Crippen molar-refractivity contribution in [3.8, 4) is 0 Å². The van der Waals surface area contributed by atoms with Crippen LogP contribution in [0.25, 0.3) is 0 Å². The van der Waals surface area contributed by atoms with Gasteiger partial charge in [-0.2, -0.15) is 0 Å². The van der Waals surface area contributed by atoms with Gasteiger partial charge in [0, 0.05) is 18.3 Å². The molecular formula is C8H9BF3N2-. The van der Waals surface area contributed by atoms with Gasteiger partial charge in [-0.05, 0) is 18.4 Å². The molecule has 0 unspecified atom stereocenters. The van der Waals surface area contributed by atoms with Crippen LogP contribution in [0.3, 0.4) is 0 Å². The molecule has 1 aliphatic rings. The molecule has 1 heterocycles. The van der Waals surface area contributed by atoms with Gasteiger partial charge in [0.15, 0.2) is 0 Å². The Morgan fingerprint density at radius 2 is 1.79 bits per heavy atom. The maximum Gasteiger partial charge on any atom is 0.482 e. The van der Waals surface area contributed by atoms with E-state index in [0.717, 1.165) is 12.8 Å². The van der Waals surface area contributed by atoms with Gasteiger partial charge in [0.1, 0.15) is 5.82 Å². The lowest BCUT2D eigenvalue weighted by atomic mass is 9.83. The van der Waals surface area contributed by atoms with Gasteiger partial charge in [-0.3, -0.25) is 0 Å². The van der Waals surface area contributed by atoms with Crippen molar-refractivity contribution in [1.29, 1.82) is 0 Å². The lowest BCUT2D eigenvalue weighted by molar-refractivity contribution is 0.468. The number of nitrogens with zero attached hydrogens (tertiary/aromatic N) is 2. The monoisotopic (exact) mass is 201 g/mol. The molecule has 2 nitrogen and oxygen atoms in total. The third-order valence-corrected chi connectivity index (χ3v) is 2.13. The zero-order valence-electron chi connectivity index (χ0n) is 7.46. The van der Waals surface area contributed by atoms with Gasteiger partial charge < -0.3 is 12.9 Å². The second-order valence-electron chi connectivity index (χ2n) is 3.64. The summed E-state index contributed by atoms with van der Waals surface area (Å²) in [6.07, 6.45) is 3.81. The van der Waals surface area contributed by atoms with E-state index in [-0.39, 0.29) is 5.56 Å².